The highest BCUT2D eigenvalue weighted by Crippen LogP contribution is 2.61. The van der Waals surface area contributed by atoms with Gasteiger partial charge in [0.1, 0.15) is 17.7 Å². The number of carbonyl (C=O) groups is 2. The lowest BCUT2D eigenvalue weighted by Crippen LogP contribution is -2.33. The largest absolute Gasteiger partial charge is 0.498 e. The van der Waals surface area contributed by atoms with Crippen LogP contribution in [0, 0.1) is 23.7 Å². The molecule has 3 aliphatic carbocycles. The summed E-state index contributed by atoms with van der Waals surface area (Å²) in [7, 11) is 4.79. The highest BCUT2D eigenvalue weighted by Gasteiger charge is 2.56. The first-order valence-corrected chi connectivity index (χ1v) is 17.3. The number of nitrogens with zero attached hydrogens (tertiary/aromatic N) is 1. The number of rotatable bonds is 8. The summed E-state index contributed by atoms with van der Waals surface area (Å²) >= 11 is 0. The molecule has 2 aromatic rings. The minimum absolute atomic E-state index is 0.0446. The summed E-state index contributed by atoms with van der Waals surface area (Å²) in [5, 5.41) is 0. The van der Waals surface area contributed by atoms with Crippen LogP contribution in [0.15, 0.2) is 53.5 Å². The summed E-state index contributed by atoms with van der Waals surface area (Å²) in [4.78, 5) is 36.7. The molecule has 2 fully saturated rings. The Hall–Kier alpha value is -3.43. The van der Waals surface area contributed by atoms with Gasteiger partial charge in [-0.25, -0.2) is 4.98 Å². The van der Waals surface area contributed by atoms with Crippen molar-refractivity contribution in [2.45, 2.75) is 102 Å². The first kappa shape index (κ1) is 33.5. The number of fused-ring (bicyclic) bond motifs is 8. The van der Waals surface area contributed by atoms with Crippen molar-refractivity contribution in [3.63, 3.8) is 0 Å². The molecule has 9 nitrogen and oxygen atoms in total. The van der Waals surface area contributed by atoms with Crippen molar-refractivity contribution >= 4 is 11.8 Å². The monoisotopic (exact) mass is 646 g/mol. The fraction of sp³-hybridized carbons (Fsp3) is 0.605. The van der Waals surface area contributed by atoms with E-state index in [1.807, 2.05) is 32.0 Å². The molecule has 47 heavy (non-hydrogen) atoms. The van der Waals surface area contributed by atoms with Crippen molar-refractivity contribution in [3.05, 3.63) is 64.9 Å². The zero-order valence-corrected chi connectivity index (χ0v) is 28.6. The third-order valence-corrected chi connectivity index (χ3v) is 11.1. The molecule has 0 radical (unpaired) electrons. The molecule has 2 unspecified atom stereocenters. The number of ether oxygens (including phenoxy) is 5. The first-order valence-electron chi connectivity index (χ1n) is 17.3. The maximum Gasteiger partial charge on any atom is 0.306 e. The van der Waals surface area contributed by atoms with E-state index in [1.165, 1.54) is 0 Å². The summed E-state index contributed by atoms with van der Waals surface area (Å²) in [6.07, 6.45) is 7.36. The number of H-pyrrole nitrogens is 1. The van der Waals surface area contributed by atoms with Gasteiger partial charge in [0.15, 0.2) is 11.5 Å². The maximum atomic E-state index is 14.2. The van der Waals surface area contributed by atoms with Crippen LogP contribution in [0.5, 0.6) is 0 Å². The van der Waals surface area contributed by atoms with Crippen LogP contribution in [-0.4, -0.2) is 61.5 Å². The Kier molecular flexibility index (Phi) is 10.2. The number of nitrogens with one attached hydrogen (secondary N) is 1. The van der Waals surface area contributed by atoms with Crippen molar-refractivity contribution in [1.82, 2.24) is 9.97 Å². The topological polar surface area (TPSA) is 109 Å². The Labute approximate surface area is 278 Å². The Bertz CT molecular complexity index is 1500. The highest BCUT2D eigenvalue weighted by atomic mass is 16.7. The van der Waals surface area contributed by atoms with Crippen LogP contribution in [-0.2, 0) is 33.3 Å². The molecule has 1 aliphatic heterocycles. The van der Waals surface area contributed by atoms with E-state index in [0.717, 1.165) is 73.3 Å². The number of Topliss-reactive ketones (excluding diaryl/α,β-unsaturated/α-hetero) is 1. The number of ketones is 1. The Balaban J connectivity index is 1.40. The third kappa shape index (κ3) is 6.53. The van der Waals surface area contributed by atoms with Gasteiger partial charge >= 0.3 is 5.97 Å². The highest BCUT2D eigenvalue weighted by molar-refractivity contribution is 5.99. The Morgan fingerprint density at radius 3 is 2.51 bits per heavy atom. The van der Waals surface area contributed by atoms with Crippen LogP contribution in [0.3, 0.4) is 0 Å². The van der Waals surface area contributed by atoms with Crippen molar-refractivity contribution in [1.29, 1.82) is 0 Å². The average Bonchev–Trinajstić information content (AvgIpc) is 3.80. The molecule has 254 valence electrons. The van der Waals surface area contributed by atoms with Gasteiger partial charge < -0.3 is 28.7 Å². The molecular formula is C38H50N2O7. The number of aromatic amines is 1. The Morgan fingerprint density at radius 2 is 1.81 bits per heavy atom. The second-order valence-corrected chi connectivity index (χ2v) is 13.8. The van der Waals surface area contributed by atoms with Crippen molar-refractivity contribution < 1.29 is 33.3 Å². The lowest BCUT2D eigenvalue weighted by atomic mass is 9.67. The van der Waals surface area contributed by atoms with Gasteiger partial charge in [-0.15, -0.1) is 0 Å². The molecule has 1 saturated carbocycles. The predicted octanol–water partition coefficient (Wildman–Crippen LogP) is 7.21. The van der Waals surface area contributed by atoms with Crippen molar-refractivity contribution in [2.75, 3.05) is 21.3 Å². The molecule has 4 aliphatic rings. The number of aromatic nitrogens is 2. The number of hydrogen-bond acceptors (Lipinski definition) is 8. The van der Waals surface area contributed by atoms with Crippen molar-refractivity contribution in [3.8, 4) is 11.4 Å². The van der Waals surface area contributed by atoms with Crippen LogP contribution < -0.4 is 0 Å². The number of benzene rings is 1. The smallest absolute Gasteiger partial charge is 0.306 e. The van der Waals surface area contributed by atoms with E-state index >= 15 is 0 Å². The molecule has 1 N–H and O–H groups in total. The number of cyclic esters (lactones) is 1. The third-order valence-electron chi connectivity index (χ3n) is 11.1. The van der Waals surface area contributed by atoms with Gasteiger partial charge in [0.25, 0.3) is 0 Å². The minimum atomic E-state index is -0.720. The number of carbonyl (C=O) groups excluding carboxylic acids is 2. The minimum Gasteiger partial charge on any atom is -0.498 e. The molecule has 1 aromatic heterocycles. The van der Waals surface area contributed by atoms with Gasteiger partial charge in [0, 0.05) is 42.0 Å². The van der Waals surface area contributed by atoms with Gasteiger partial charge in [0.2, 0.25) is 6.29 Å². The molecule has 1 saturated heterocycles. The van der Waals surface area contributed by atoms with E-state index in [4.69, 9.17) is 28.7 Å². The number of hydrogen-bond donors (Lipinski definition) is 1. The van der Waals surface area contributed by atoms with Crippen LogP contribution in [0.1, 0.15) is 95.4 Å². The van der Waals surface area contributed by atoms with E-state index in [0.29, 0.717) is 11.5 Å². The molecule has 2 heterocycles. The fourth-order valence-electron chi connectivity index (χ4n) is 8.62. The lowest BCUT2D eigenvalue weighted by molar-refractivity contribution is -0.154. The molecule has 9 atom stereocenters. The molecule has 0 amide bonds. The fourth-order valence-corrected chi connectivity index (χ4v) is 8.62. The zero-order valence-electron chi connectivity index (χ0n) is 28.6. The van der Waals surface area contributed by atoms with Crippen LogP contribution in [0.2, 0.25) is 0 Å². The normalized spacial score (nSPS) is 31.9. The summed E-state index contributed by atoms with van der Waals surface area (Å²) in [6.45, 7) is 5.95. The summed E-state index contributed by atoms with van der Waals surface area (Å²) in [5.41, 5.74) is 3.85. The maximum absolute atomic E-state index is 14.2. The van der Waals surface area contributed by atoms with Gasteiger partial charge in [0.05, 0.1) is 32.4 Å². The summed E-state index contributed by atoms with van der Waals surface area (Å²) < 4.78 is 29.5. The van der Waals surface area contributed by atoms with E-state index in [1.54, 1.807) is 21.3 Å². The molecule has 0 spiro atoms. The number of esters is 1. The van der Waals surface area contributed by atoms with Crippen LogP contribution >= 0.6 is 0 Å². The van der Waals surface area contributed by atoms with Crippen LogP contribution in [0.4, 0.5) is 0 Å². The molecule has 9 heteroatoms. The van der Waals surface area contributed by atoms with E-state index < -0.39 is 6.29 Å². The predicted molar refractivity (Wildman–Crippen MR) is 177 cm³/mol. The van der Waals surface area contributed by atoms with Gasteiger partial charge in [-0.2, -0.15) is 0 Å². The quantitative estimate of drug-likeness (QED) is 0.182. The number of methoxy groups -OCH3 is 3. The Morgan fingerprint density at radius 1 is 1.04 bits per heavy atom. The van der Waals surface area contributed by atoms with E-state index in [9.17, 15) is 9.59 Å². The van der Waals surface area contributed by atoms with Crippen molar-refractivity contribution in [2.24, 2.45) is 23.7 Å². The second-order valence-electron chi connectivity index (χ2n) is 13.8. The van der Waals surface area contributed by atoms with E-state index in [2.05, 4.69) is 30.1 Å². The second kappa shape index (κ2) is 14.4. The lowest BCUT2D eigenvalue weighted by Gasteiger charge is -2.37. The van der Waals surface area contributed by atoms with Crippen LogP contribution in [0.25, 0.3) is 11.4 Å². The van der Waals surface area contributed by atoms with E-state index in [-0.39, 0.29) is 65.9 Å². The SMILES string of the molecule is CC[C@H]1CCCC[C@@H](C)C(=O)C2=CC3[C@@H]4C[C@H](O[C@H](OC)/C(OC)=C(/C)OC)CC4c4[nH]c(-c5ccccc5)nc4[C@H]3[C@@H]2CC(=O)O1. The molecule has 1 aromatic carbocycles. The molecule has 0 bridgehead atoms. The van der Waals surface area contributed by atoms with Gasteiger partial charge in [-0.05, 0) is 62.9 Å². The first-order chi connectivity index (χ1) is 22.8. The average molecular weight is 647 g/mol. The number of allylic oxidation sites excluding steroid dienone is 3. The zero-order chi connectivity index (χ0) is 33.2. The molecular weight excluding hydrogens is 596 g/mol. The summed E-state index contributed by atoms with van der Waals surface area (Å²) in [6, 6.07) is 10.1. The summed E-state index contributed by atoms with van der Waals surface area (Å²) in [5.74, 6) is 1.73. The van der Waals surface area contributed by atoms with Gasteiger partial charge in [-0.3, -0.25) is 9.59 Å². The van der Waals surface area contributed by atoms with Gasteiger partial charge in [-0.1, -0.05) is 56.7 Å². The molecule has 6 rings (SSSR count). The standard InChI is InChI=1S/C38H50N2O7/c1-7-24-16-12-11-13-21(2)35(42)30-19-27-26-17-25(47-38(45-6)36(44-5)22(3)43-4)18-29(26)33-34(32(27)28(30)20-31(41)46-24)40-37(39-33)23-14-9-8-10-15-23/h8-10,14-15,19,21,24-29,32,38H,7,11-13,16-18,20H2,1-6H3,(H,39,40)/b36-22+/t21-,24+,25+,26+,27?,28-,29?,32-,38+/m1/s1. The number of imidazole rings is 1.